The van der Waals surface area contributed by atoms with Crippen molar-refractivity contribution in [2.45, 2.75) is 0 Å². The minimum Gasteiger partial charge on any atom is -0.465 e. The number of methoxy groups -OCH3 is 1. The fourth-order valence-electron chi connectivity index (χ4n) is 2.19. The molecule has 1 N–H and O–H groups in total. The van der Waals surface area contributed by atoms with Crippen LogP contribution in [0.2, 0.25) is 10.0 Å². The highest BCUT2D eigenvalue weighted by atomic mass is 35.5. The summed E-state index contributed by atoms with van der Waals surface area (Å²) in [4.78, 5) is 11.5. The molecule has 3 rings (SSSR count). The molecule has 132 valence electrons. The average Bonchev–Trinajstić information content (AvgIpc) is 3.00. The maximum Gasteiger partial charge on any atom is 0.337 e. The molecule has 0 unspecified atom stereocenters. The van der Waals surface area contributed by atoms with E-state index in [0.29, 0.717) is 31.8 Å². The molecule has 0 aliphatic heterocycles. The molecule has 9 heteroatoms. The molecule has 6 nitrogen and oxygen atoms in total. The molecule has 1 heterocycles. The van der Waals surface area contributed by atoms with E-state index in [1.54, 1.807) is 48.7 Å². The predicted octanol–water partition coefficient (Wildman–Crippen LogP) is 4.58. The Bertz CT molecular complexity index is 1040. The minimum absolute atomic E-state index is 0.313. The van der Waals surface area contributed by atoms with Gasteiger partial charge in [0.25, 0.3) is 0 Å². The molecule has 0 saturated heterocycles. The molecule has 26 heavy (non-hydrogen) atoms. The number of ether oxygens (including phenoxy) is 1. The molecular weight excluding hydrogens is 395 g/mol. The molecular formula is C17H12Cl2N4O2S. The van der Waals surface area contributed by atoms with Gasteiger partial charge in [0.15, 0.2) is 5.82 Å². The fraction of sp³-hybridized carbons (Fsp3) is 0.0588. The molecule has 1 aromatic heterocycles. The van der Waals surface area contributed by atoms with Crippen LogP contribution in [-0.2, 0) is 4.74 Å². The summed E-state index contributed by atoms with van der Waals surface area (Å²) in [6.45, 7) is 0. The summed E-state index contributed by atoms with van der Waals surface area (Å²) in [6, 6.07) is 11.9. The number of benzene rings is 2. The Morgan fingerprint density at radius 1 is 1.27 bits per heavy atom. The molecule has 0 bridgehead atoms. The number of carbonyl (C=O) groups is 1. The highest BCUT2D eigenvalue weighted by Gasteiger charge is 2.12. The number of aromatic nitrogens is 3. The molecule has 3 aromatic rings. The molecule has 0 aliphatic carbocycles. The van der Waals surface area contributed by atoms with Crippen molar-refractivity contribution < 1.29 is 9.53 Å². The van der Waals surface area contributed by atoms with E-state index < -0.39 is 5.97 Å². The van der Waals surface area contributed by atoms with E-state index in [0.717, 1.165) is 5.56 Å². The van der Waals surface area contributed by atoms with Crippen LogP contribution in [0.25, 0.3) is 11.4 Å². The summed E-state index contributed by atoms with van der Waals surface area (Å²) in [5.41, 5.74) is 1.87. The average molecular weight is 407 g/mol. The lowest BCUT2D eigenvalue weighted by atomic mass is 10.1. The van der Waals surface area contributed by atoms with E-state index in [4.69, 9.17) is 35.4 Å². The lowest BCUT2D eigenvalue weighted by Crippen LogP contribution is -2.01. The van der Waals surface area contributed by atoms with Gasteiger partial charge < -0.3 is 4.74 Å². The zero-order valence-electron chi connectivity index (χ0n) is 13.4. The third-order valence-electron chi connectivity index (χ3n) is 3.48. The number of hydrogen-bond donors (Lipinski definition) is 1. The molecule has 0 atom stereocenters. The van der Waals surface area contributed by atoms with E-state index >= 15 is 0 Å². The fourth-order valence-corrected chi connectivity index (χ4v) is 2.86. The Labute approximate surface area is 164 Å². The normalized spacial score (nSPS) is 11.0. The number of aromatic amines is 1. The van der Waals surface area contributed by atoms with E-state index in [1.165, 1.54) is 11.8 Å². The van der Waals surface area contributed by atoms with Crippen molar-refractivity contribution in [1.82, 2.24) is 14.9 Å². The van der Waals surface area contributed by atoms with Crippen LogP contribution in [0.3, 0.4) is 0 Å². The molecule has 0 aliphatic rings. The highest BCUT2D eigenvalue weighted by molar-refractivity contribution is 7.71. The zero-order chi connectivity index (χ0) is 18.7. The van der Waals surface area contributed by atoms with E-state index in [2.05, 4.69) is 20.0 Å². The number of halogens is 2. The zero-order valence-corrected chi connectivity index (χ0v) is 15.8. The van der Waals surface area contributed by atoms with Crippen LogP contribution < -0.4 is 0 Å². The lowest BCUT2D eigenvalue weighted by Gasteiger charge is -2.04. The Morgan fingerprint density at radius 2 is 2.00 bits per heavy atom. The Hall–Kier alpha value is -2.48. The summed E-state index contributed by atoms with van der Waals surface area (Å²) in [6.07, 6.45) is 1.60. The second kappa shape index (κ2) is 7.82. The van der Waals surface area contributed by atoms with Crippen LogP contribution in [0.15, 0.2) is 47.6 Å². The van der Waals surface area contributed by atoms with E-state index in [1.807, 2.05) is 0 Å². The van der Waals surface area contributed by atoms with Gasteiger partial charge in [-0.15, -0.1) is 0 Å². The van der Waals surface area contributed by atoms with Crippen LogP contribution in [0.5, 0.6) is 0 Å². The van der Waals surface area contributed by atoms with Crippen molar-refractivity contribution in [1.29, 1.82) is 0 Å². The summed E-state index contributed by atoms with van der Waals surface area (Å²) >= 11 is 17.4. The first-order chi connectivity index (χ1) is 12.5. The summed E-state index contributed by atoms with van der Waals surface area (Å²) in [5.74, 6) is 0.0595. The van der Waals surface area contributed by atoms with Crippen LogP contribution >= 0.6 is 35.4 Å². The predicted molar refractivity (Wildman–Crippen MR) is 104 cm³/mol. The first kappa shape index (κ1) is 18.3. The van der Waals surface area contributed by atoms with Crippen molar-refractivity contribution in [2.75, 3.05) is 7.11 Å². The van der Waals surface area contributed by atoms with Crippen LogP contribution in [0.4, 0.5) is 0 Å². The SMILES string of the molecule is COC(=O)c1ccc(/C=N\n2c(-c3ccc(Cl)cc3Cl)n[nH]c2=S)cc1. The number of nitrogens with one attached hydrogen (secondary N) is 1. The van der Waals surface area contributed by atoms with Gasteiger partial charge in [-0.2, -0.15) is 14.9 Å². The van der Waals surface area contributed by atoms with Crippen molar-refractivity contribution in [3.05, 3.63) is 68.4 Å². The number of nitrogens with zero attached hydrogens (tertiary/aromatic N) is 3. The number of H-pyrrole nitrogens is 1. The van der Waals surface area contributed by atoms with Gasteiger partial charge in [0.05, 0.1) is 23.9 Å². The number of carbonyl (C=O) groups excluding carboxylic acids is 1. The first-order valence-electron chi connectivity index (χ1n) is 7.35. The smallest absolute Gasteiger partial charge is 0.337 e. The Kier molecular flexibility index (Phi) is 5.51. The van der Waals surface area contributed by atoms with Crippen LogP contribution in [-0.4, -0.2) is 34.2 Å². The van der Waals surface area contributed by atoms with Crippen molar-refractivity contribution in [2.24, 2.45) is 5.10 Å². The number of esters is 1. The van der Waals surface area contributed by atoms with Gasteiger partial charge in [0.1, 0.15) is 0 Å². The van der Waals surface area contributed by atoms with Gasteiger partial charge in [-0.05, 0) is 48.1 Å². The van der Waals surface area contributed by atoms with Gasteiger partial charge in [0, 0.05) is 10.6 Å². The molecule has 0 spiro atoms. The van der Waals surface area contributed by atoms with Gasteiger partial charge in [-0.3, -0.25) is 0 Å². The van der Waals surface area contributed by atoms with Crippen LogP contribution in [0, 0.1) is 4.77 Å². The molecule has 0 amide bonds. The van der Waals surface area contributed by atoms with Gasteiger partial charge in [0.2, 0.25) is 4.77 Å². The quantitative estimate of drug-likeness (QED) is 0.390. The maximum absolute atomic E-state index is 11.5. The van der Waals surface area contributed by atoms with E-state index in [9.17, 15) is 4.79 Å². The van der Waals surface area contributed by atoms with Gasteiger partial charge >= 0.3 is 5.97 Å². The van der Waals surface area contributed by atoms with Crippen molar-refractivity contribution >= 4 is 47.6 Å². The summed E-state index contributed by atoms with van der Waals surface area (Å²) in [5, 5.41) is 12.2. The van der Waals surface area contributed by atoms with E-state index in [-0.39, 0.29) is 0 Å². The molecule has 0 radical (unpaired) electrons. The summed E-state index contributed by atoms with van der Waals surface area (Å²) < 4.78 is 6.44. The Balaban J connectivity index is 1.93. The topological polar surface area (TPSA) is 72.3 Å². The van der Waals surface area contributed by atoms with Crippen LogP contribution in [0.1, 0.15) is 15.9 Å². The molecule has 2 aromatic carbocycles. The first-order valence-corrected chi connectivity index (χ1v) is 8.51. The van der Waals surface area contributed by atoms with Crippen molar-refractivity contribution in [3.63, 3.8) is 0 Å². The third-order valence-corrected chi connectivity index (χ3v) is 4.29. The van der Waals surface area contributed by atoms with Crippen molar-refractivity contribution in [3.8, 4) is 11.4 Å². The maximum atomic E-state index is 11.5. The standard InChI is InChI=1S/C17H12Cl2N4O2S/c1-25-16(24)11-4-2-10(3-5-11)9-20-23-15(21-22-17(23)26)13-7-6-12(18)8-14(13)19/h2-9H,1H3,(H,22,26)/b20-9-. The second-order valence-corrected chi connectivity index (χ2v) is 6.38. The molecule has 0 fully saturated rings. The van der Waals surface area contributed by atoms with Gasteiger partial charge in [-0.1, -0.05) is 35.3 Å². The monoisotopic (exact) mass is 406 g/mol. The minimum atomic E-state index is -0.398. The van der Waals surface area contributed by atoms with Gasteiger partial charge in [-0.25, -0.2) is 9.89 Å². The third kappa shape index (κ3) is 3.85. The lowest BCUT2D eigenvalue weighted by molar-refractivity contribution is 0.0600. The largest absolute Gasteiger partial charge is 0.465 e. The number of rotatable bonds is 4. The Morgan fingerprint density at radius 3 is 2.65 bits per heavy atom. The second-order valence-electron chi connectivity index (χ2n) is 5.15. The summed E-state index contributed by atoms with van der Waals surface area (Å²) in [7, 11) is 1.34. The number of hydrogen-bond acceptors (Lipinski definition) is 5. The molecule has 0 saturated carbocycles. The highest BCUT2D eigenvalue weighted by Crippen LogP contribution is 2.29.